The molecule has 0 aliphatic rings. The summed E-state index contributed by atoms with van der Waals surface area (Å²) in [5.41, 5.74) is 5.36. The first-order valence-electron chi connectivity index (χ1n) is 5.96. The standard InChI is InChI=1S/C11H22N4O2S/c1-11(2,6-4-7-12)9-14-18(16,17)10-5-8-13-15(10)3/h5,8,14H,4,6-7,9,12H2,1-3H3. The van der Waals surface area contributed by atoms with Gasteiger partial charge in [0, 0.05) is 13.6 Å². The molecule has 0 aliphatic carbocycles. The number of aromatic nitrogens is 2. The van der Waals surface area contributed by atoms with Crippen LogP contribution in [0.4, 0.5) is 0 Å². The average Bonchev–Trinajstić information content (AvgIpc) is 2.71. The highest BCUT2D eigenvalue weighted by Gasteiger charge is 2.23. The van der Waals surface area contributed by atoms with Gasteiger partial charge in [-0.05, 0) is 30.9 Å². The zero-order valence-corrected chi connectivity index (χ0v) is 12.0. The molecular formula is C11H22N4O2S. The van der Waals surface area contributed by atoms with Crippen LogP contribution in [0.1, 0.15) is 26.7 Å². The smallest absolute Gasteiger partial charge is 0.257 e. The van der Waals surface area contributed by atoms with Crippen molar-refractivity contribution in [1.82, 2.24) is 14.5 Å². The molecule has 1 aromatic rings. The van der Waals surface area contributed by atoms with Gasteiger partial charge < -0.3 is 5.73 Å². The molecule has 0 amide bonds. The van der Waals surface area contributed by atoms with E-state index in [4.69, 9.17) is 5.73 Å². The van der Waals surface area contributed by atoms with Gasteiger partial charge in [-0.1, -0.05) is 13.8 Å². The Kier molecular flexibility index (Phi) is 4.89. The third kappa shape index (κ3) is 4.08. The highest BCUT2D eigenvalue weighted by Crippen LogP contribution is 2.21. The third-order valence-corrected chi connectivity index (χ3v) is 4.33. The molecule has 0 aliphatic heterocycles. The lowest BCUT2D eigenvalue weighted by Gasteiger charge is -2.24. The van der Waals surface area contributed by atoms with Crippen LogP contribution in [-0.2, 0) is 17.1 Å². The van der Waals surface area contributed by atoms with Crippen molar-refractivity contribution in [3.8, 4) is 0 Å². The highest BCUT2D eigenvalue weighted by molar-refractivity contribution is 7.89. The number of aryl methyl sites for hydroxylation is 1. The summed E-state index contributed by atoms with van der Waals surface area (Å²) in [6.07, 6.45) is 3.24. The Morgan fingerprint density at radius 1 is 1.50 bits per heavy atom. The molecule has 6 nitrogen and oxygen atoms in total. The molecule has 3 N–H and O–H groups in total. The number of hydrogen-bond donors (Lipinski definition) is 2. The fraction of sp³-hybridized carbons (Fsp3) is 0.727. The summed E-state index contributed by atoms with van der Waals surface area (Å²) in [4.78, 5) is 0. The van der Waals surface area contributed by atoms with Gasteiger partial charge in [-0.25, -0.2) is 13.1 Å². The highest BCUT2D eigenvalue weighted by atomic mass is 32.2. The van der Waals surface area contributed by atoms with Gasteiger partial charge in [-0.3, -0.25) is 4.68 Å². The van der Waals surface area contributed by atoms with Gasteiger partial charge in [0.15, 0.2) is 5.03 Å². The molecule has 18 heavy (non-hydrogen) atoms. The van der Waals surface area contributed by atoms with E-state index in [0.29, 0.717) is 13.1 Å². The lowest BCUT2D eigenvalue weighted by Crippen LogP contribution is -2.35. The molecule has 0 bridgehead atoms. The molecule has 0 saturated heterocycles. The Morgan fingerprint density at radius 2 is 2.17 bits per heavy atom. The molecular weight excluding hydrogens is 252 g/mol. The van der Waals surface area contributed by atoms with E-state index in [9.17, 15) is 8.42 Å². The maximum Gasteiger partial charge on any atom is 0.257 e. The summed E-state index contributed by atoms with van der Waals surface area (Å²) in [5.74, 6) is 0. The van der Waals surface area contributed by atoms with Gasteiger partial charge in [-0.2, -0.15) is 5.10 Å². The largest absolute Gasteiger partial charge is 0.330 e. The van der Waals surface area contributed by atoms with E-state index in [2.05, 4.69) is 9.82 Å². The van der Waals surface area contributed by atoms with Crippen molar-refractivity contribution in [3.05, 3.63) is 12.3 Å². The lowest BCUT2D eigenvalue weighted by atomic mass is 9.88. The Hall–Kier alpha value is -0.920. The van der Waals surface area contributed by atoms with Crippen LogP contribution >= 0.6 is 0 Å². The van der Waals surface area contributed by atoms with E-state index in [-0.39, 0.29) is 10.4 Å². The monoisotopic (exact) mass is 274 g/mol. The van der Waals surface area contributed by atoms with Crippen LogP contribution in [0.5, 0.6) is 0 Å². The number of hydrogen-bond acceptors (Lipinski definition) is 4. The molecule has 7 heteroatoms. The van der Waals surface area contributed by atoms with Gasteiger partial charge >= 0.3 is 0 Å². The molecule has 0 unspecified atom stereocenters. The first-order valence-corrected chi connectivity index (χ1v) is 7.44. The number of rotatable bonds is 7. The van der Waals surface area contributed by atoms with Crippen molar-refractivity contribution in [1.29, 1.82) is 0 Å². The van der Waals surface area contributed by atoms with Gasteiger partial charge in [-0.15, -0.1) is 0 Å². The van der Waals surface area contributed by atoms with E-state index < -0.39 is 10.0 Å². The summed E-state index contributed by atoms with van der Waals surface area (Å²) < 4.78 is 28.0. The average molecular weight is 274 g/mol. The van der Waals surface area contributed by atoms with E-state index in [1.807, 2.05) is 13.8 Å². The zero-order valence-electron chi connectivity index (χ0n) is 11.2. The molecule has 0 spiro atoms. The van der Waals surface area contributed by atoms with Gasteiger partial charge in [0.2, 0.25) is 0 Å². The Labute approximate surface area is 109 Å². The fourth-order valence-corrected chi connectivity index (χ4v) is 3.02. The van der Waals surface area contributed by atoms with Crippen LogP contribution in [0.3, 0.4) is 0 Å². The summed E-state index contributed by atoms with van der Waals surface area (Å²) in [7, 11) is -1.88. The van der Waals surface area contributed by atoms with Crippen LogP contribution in [-0.4, -0.2) is 31.3 Å². The van der Waals surface area contributed by atoms with Crippen LogP contribution in [0.25, 0.3) is 0 Å². The normalized spacial score (nSPS) is 12.9. The van der Waals surface area contributed by atoms with Gasteiger partial charge in [0.1, 0.15) is 0 Å². The summed E-state index contributed by atoms with van der Waals surface area (Å²) in [6.45, 7) is 5.06. The molecule has 1 aromatic heterocycles. The minimum atomic E-state index is -3.49. The van der Waals surface area contributed by atoms with Crippen molar-refractivity contribution in [2.75, 3.05) is 13.1 Å². The summed E-state index contributed by atoms with van der Waals surface area (Å²) >= 11 is 0. The second-order valence-electron chi connectivity index (χ2n) is 5.17. The Bertz CT molecular complexity index is 479. The predicted molar refractivity (Wildman–Crippen MR) is 70.5 cm³/mol. The molecule has 0 aromatic carbocycles. The molecule has 1 heterocycles. The SMILES string of the molecule is Cn1nccc1S(=O)(=O)NCC(C)(C)CCCN. The van der Waals surface area contributed by atoms with E-state index in [1.54, 1.807) is 7.05 Å². The first-order chi connectivity index (χ1) is 8.28. The van der Waals surface area contributed by atoms with Crippen molar-refractivity contribution < 1.29 is 8.42 Å². The minimum Gasteiger partial charge on any atom is -0.330 e. The van der Waals surface area contributed by atoms with E-state index in [1.165, 1.54) is 16.9 Å². The molecule has 0 atom stereocenters. The molecule has 0 saturated carbocycles. The van der Waals surface area contributed by atoms with Crippen molar-refractivity contribution in [3.63, 3.8) is 0 Å². The Morgan fingerprint density at radius 3 is 2.67 bits per heavy atom. The molecule has 0 radical (unpaired) electrons. The van der Waals surface area contributed by atoms with E-state index in [0.717, 1.165) is 12.8 Å². The fourth-order valence-electron chi connectivity index (χ4n) is 1.66. The predicted octanol–water partition coefficient (Wildman–Crippen LogP) is 0.464. The lowest BCUT2D eigenvalue weighted by molar-refractivity contribution is 0.326. The van der Waals surface area contributed by atoms with Crippen LogP contribution < -0.4 is 10.5 Å². The second kappa shape index (κ2) is 5.81. The number of nitrogens with one attached hydrogen (secondary N) is 1. The molecule has 1 rings (SSSR count). The molecule has 104 valence electrons. The van der Waals surface area contributed by atoms with Gasteiger partial charge in [0.05, 0.1) is 6.20 Å². The van der Waals surface area contributed by atoms with Crippen LogP contribution in [0, 0.1) is 5.41 Å². The van der Waals surface area contributed by atoms with Crippen molar-refractivity contribution in [2.45, 2.75) is 31.7 Å². The number of nitrogens with zero attached hydrogens (tertiary/aromatic N) is 2. The Balaban J connectivity index is 2.66. The number of nitrogens with two attached hydrogens (primary N) is 1. The second-order valence-corrected chi connectivity index (χ2v) is 6.89. The maximum atomic E-state index is 12.0. The summed E-state index contributed by atoms with van der Waals surface area (Å²) in [6, 6.07) is 1.48. The van der Waals surface area contributed by atoms with Gasteiger partial charge in [0.25, 0.3) is 10.0 Å². The van der Waals surface area contributed by atoms with Crippen LogP contribution in [0.15, 0.2) is 17.3 Å². The number of sulfonamides is 1. The minimum absolute atomic E-state index is 0.106. The summed E-state index contributed by atoms with van der Waals surface area (Å²) in [5, 5.41) is 4.04. The van der Waals surface area contributed by atoms with Crippen molar-refractivity contribution in [2.24, 2.45) is 18.2 Å². The quantitative estimate of drug-likeness (QED) is 0.756. The van der Waals surface area contributed by atoms with Crippen LogP contribution in [0.2, 0.25) is 0 Å². The van der Waals surface area contributed by atoms with Crippen molar-refractivity contribution >= 4 is 10.0 Å². The maximum absolute atomic E-state index is 12.0. The zero-order chi connectivity index (χ0) is 13.8. The first kappa shape index (κ1) is 15.1. The topological polar surface area (TPSA) is 90.0 Å². The van der Waals surface area contributed by atoms with E-state index >= 15 is 0 Å². The third-order valence-electron chi connectivity index (χ3n) is 2.85. The molecule has 0 fully saturated rings.